The van der Waals surface area contributed by atoms with Gasteiger partial charge in [0.05, 0.1) is 17.2 Å². The zero-order valence-corrected chi connectivity index (χ0v) is 10.6. The first-order valence-corrected chi connectivity index (χ1v) is 7.62. The molecule has 1 saturated heterocycles. The third-order valence-electron chi connectivity index (χ3n) is 3.28. The molecule has 96 valence electrons. The highest BCUT2D eigenvalue weighted by Gasteiger charge is 2.30. The molecule has 1 N–H and O–H groups in total. The molecule has 0 spiro atoms. The number of rotatable bonds is 3. The van der Waals surface area contributed by atoms with Crippen molar-refractivity contribution in [3.05, 3.63) is 24.7 Å². The molecule has 0 radical (unpaired) electrons. The lowest BCUT2D eigenvalue weighted by Crippen LogP contribution is -2.25. The van der Waals surface area contributed by atoms with Gasteiger partial charge >= 0.3 is 0 Å². The first kappa shape index (κ1) is 11.5. The van der Waals surface area contributed by atoms with Crippen molar-refractivity contribution in [1.29, 1.82) is 0 Å². The van der Waals surface area contributed by atoms with E-state index in [4.69, 9.17) is 0 Å². The number of sulfone groups is 1. The van der Waals surface area contributed by atoms with Gasteiger partial charge in [-0.2, -0.15) is 5.10 Å². The summed E-state index contributed by atoms with van der Waals surface area (Å²) in [5, 5.41) is 6.94. The summed E-state index contributed by atoms with van der Waals surface area (Å²) < 4.78 is 25.1. The highest BCUT2D eigenvalue weighted by Crippen LogP contribution is 2.21. The van der Waals surface area contributed by atoms with Gasteiger partial charge in [0.25, 0.3) is 0 Å². The molecule has 1 atom stereocenters. The molecule has 0 bridgehead atoms. The SMILES string of the molecule is O=S1(=O)CCCC1CNc1nccn2nccc12. The van der Waals surface area contributed by atoms with Crippen LogP contribution in [0.3, 0.4) is 0 Å². The number of anilines is 1. The second-order valence-electron chi connectivity index (χ2n) is 4.45. The predicted octanol–water partition coefficient (Wildman–Crippen LogP) is 0.718. The molecule has 18 heavy (non-hydrogen) atoms. The molecule has 6 nitrogen and oxygen atoms in total. The van der Waals surface area contributed by atoms with Crippen molar-refractivity contribution in [3.63, 3.8) is 0 Å². The normalized spacial score (nSPS) is 22.3. The fraction of sp³-hybridized carbons (Fsp3) is 0.455. The van der Waals surface area contributed by atoms with Gasteiger partial charge in [-0.25, -0.2) is 17.9 Å². The number of hydrogen-bond acceptors (Lipinski definition) is 5. The van der Waals surface area contributed by atoms with Crippen LogP contribution in [0.25, 0.3) is 5.52 Å². The Labute approximate surface area is 105 Å². The summed E-state index contributed by atoms with van der Waals surface area (Å²) in [6.07, 6.45) is 6.59. The van der Waals surface area contributed by atoms with Crippen LogP contribution in [0.5, 0.6) is 0 Å². The molecule has 3 heterocycles. The molecule has 0 saturated carbocycles. The van der Waals surface area contributed by atoms with Crippen LogP contribution in [0.1, 0.15) is 12.8 Å². The molecule has 1 aliphatic heterocycles. The van der Waals surface area contributed by atoms with Crippen LogP contribution < -0.4 is 5.32 Å². The van der Waals surface area contributed by atoms with Crippen LogP contribution in [0.15, 0.2) is 24.7 Å². The van der Waals surface area contributed by atoms with E-state index in [9.17, 15) is 8.42 Å². The van der Waals surface area contributed by atoms with Gasteiger partial charge in [0.2, 0.25) is 0 Å². The standard InChI is InChI=1S/C11H14N4O2S/c16-18(17)7-1-2-9(18)8-13-11-10-3-4-14-15(10)6-5-12-11/h3-6,9H,1-2,7-8H2,(H,12,13). The fourth-order valence-electron chi connectivity index (χ4n) is 2.29. The van der Waals surface area contributed by atoms with Crippen LogP contribution in [-0.2, 0) is 9.84 Å². The summed E-state index contributed by atoms with van der Waals surface area (Å²) in [6, 6.07) is 1.85. The lowest BCUT2D eigenvalue weighted by Gasteiger charge is -2.11. The van der Waals surface area contributed by atoms with Gasteiger partial charge < -0.3 is 5.32 Å². The van der Waals surface area contributed by atoms with Crippen LogP contribution >= 0.6 is 0 Å². The zero-order chi connectivity index (χ0) is 12.6. The first-order chi connectivity index (χ1) is 8.67. The Balaban J connectivity index is 1.79. The average molecular weight is 266 g/mol. The molecular formula is C11H14N4O2S. The van der Waals surface area contributed by atoms with Crippen molar-refractivity contribution < 1.29 is 8.42 Å². The quantitative estimate of drug-likeness (QED) is 0.885. The molecule has 1 fully saturated rings. The largest absolute Gasteiger partial charge is 0.367 e. The molecule has 1 unspecified atom stereocenters. The Kier molecular flexibility index (Phi) is 2.70. The Morgan fingerprint density at radius 1 is 1.44 bits per heavy atom. The molecular weight excluding hydrogens is 252 g/mol. The Bertz CT molecular complexity index is 664. The minimum atomic E-state index is -2.91. The molecule has 0 aromatic carbocycles. The third kappa shape index (κ3) is 1.94. The van der Waals surface area contributed by atoms with Crippen molar-refractivity contribution >= 4 is 21.2 Å². The van der Waals surface area contributed by atoms with Crippen molar-refractivity contribution in [3.8, 4) is 0 Å². The van der Waals surface area contributed by atoms with E-state index in [1.165, 1.54) is 0 Å². The Hall–Kier alpha value is -1.63. The van der Waals surface area contributed by atoms with E-state index in [1.54, 1.807) is 23.1 Å². The minimum absolute atomic E-state index is 0.289. The van der Waals surface area contributed by atoms with Crippen molar-refractivity contribution in [2.45, 2.75) is 18.1 Å². The van der Waals surface area contributed by atoms with Gasteiger partial charge in [0.15, 0.2) is 15.7 Å². The molecule has 0 amide bonds. The number of nitrogens with zero attached hydrogens (tertiary/aromatic N) is 3. The lowest BCUT2D eigenvalue weighted by atomic mass is 10.2. The van der Waals surface area contributed by atoms with Gasteiger partial charge in [-0.05, 0) is 18.9 Å². The fourth-order valence-corrected chi connectivity index (χ4v) is 4.06. The Morgan fingerprint density at radius 2 is 2.33 bits per heavy atom. The van der Waals surface area contributed by atoms with Crippen LogP contribution in [0.2, 0.25) is 0 Å². The zero-order valence-electron chi connectivity index (χ0n) is 9.78. The molecule has 0 aliphatic carbocycles. The van der Waals surface area contributed by atoms with Gasteiger partial charge in [-0.15, -0.1) is 0 Å². The van der Waals surface area contributed by atoms with Crippen LogP contribution in [0.4, 0.5) is 5.82 Å². The molecule has 7 heteroatoms. The summed E-state index contributed by atoms with van der Waals surface area (Å²) in [7, 11) is -2.91. The van der Waals surface area contributed by atoms with E-state index < -0.39 is 9.84 Å². The Morgan fingerprint density at radius 3 is 3.11 bits per heavy atom. The van der Waals surface area contributed by atoms with Crippen LogP contribution in [0, 0.1) is 0 Å². The maximum Gasteiger partial charge on any atom is 0.154 e. The highest BCUT2D eigenvalue weighted by molar-refractivity contribution is 7.92. The van der Waals surface area contributed by atoms with E-state index in [0.717, 1.165) is 18.4 Å². The van der Waals surface area contributed by atoms with Crippen LogP contribution in [-0.4, -0.2) is 40.6 Å². The summed E-state index contributed by atoms with van der Waals surface area (Å²) >= 11 is 0. The molecule has 2 aromatic heterocycles. The number of nitrogens with one attached hydrogen (secondary N) is 1. The maximum absolute atomic E-state index is 11.7. The lowest BCUT2D eigenvalue weighted by molar-refractivity contribution is 0.591. The van der Waals surface area contributed by atoms with Crippen molar-refractivity contribution in [1.82, 2.24) is 14.6 Å². The topological polar surface area (TPSA) is 76.4 Å². The van der Waals surface area contributed by atoms with Gasteiger partial charge in [-0.3, -0.25) is 0 Å². The predicted molar refractivity (Wildman–Crippen MR) is 68.3 cm³/mol. The second-order valence-corrected chi connectivity index (χ2v) is 6.85. The van der Waals surface area contributed by atoms with E-state index in [0.29, 0.717) is 18.1 Å². The van der Waals surface area contributed by atoms with E-state index in [2.05, 4.69) is 15.4 Å². The van der Waals surface area contributed by atoms with E-state index in [1.807, 2.05) is 6.07 Å². The van der Waals surface area contributed by atoms with Crippen molar-refractivity contribution in [2.75, 3.05) is 17.6 Å². The number of aromatic nitrogens is 3. The van der Waals surface area contributed by atoms with E-state index in [-0.39, 0.29) is 5.25 Å². The maximum atomic E-state index is 11.7. The van der Waals surface area contributed by atoms with E-state index >= 15 is 0 Å². The summed E-state index contributed by atoms with van der Waals surface area (Å²) in [5.41, 5.74) is 0.855. The van der Waals surface area contributed by atoms with Gasteiger partial charge in [0, 0.05) is 18.9 Å². The number of hydrogen-bond donors (Lipinski definition) is 1. The summed E-state index contributed by atoms with van der Waals surface area (Å²) in [5.74, 6) is 0.987. The smallest absolute Gasteiger partial charge is 0.154 e. The third-order valence-corrected chi connectivity index (χ3v) is 5.56. The molecule has 3 rings (SSSR count). The summed E-state index contributed by atoms with van der Waals surface area (Å²) in [6.45, 7) is 0.417. The average Bonchev–Trinajstić information content (AvgIpc) is 2.92. The highest BCUT2D eigenvalue weighted by atomic mass is 32.2. The van der Waals surface area contributed by atoms with Crippen molar-refractivity contribution in [2.24, 2.45) is 0 Å². The first-order valence-electron chi connectivity index (χ1n) is 5.90. The molecule has 2 aromatic rings. The minimum Gasteiger partial charge on any atom is -0.367 e. The number of fused-ring (bicyclic) bond motifs is 1. The monoisotopic (exact) mass is 266 g/mol. The van der Waals surface area contributed by atoms with Gasteiger partial charge in [0.1, 0.15) is 5.52 Å². The van der Waals surface area contributed by atoms with Gasteiger partial charge in [-0.1, -0.05) is 0 Å². The second kappa shape index (κ2) is 4.24. The molecule has 1 aliphatic rings. The summed E-state index contributed by atoms with van der Waals surface area (Å²) in [4.78, 5) is 4.22.